The highest BCUT2D eigenvalue weighted by molar-refractivity contribution is 9.10. The Morgan fingerprint density at radius 2 is 2.11 bits per heavy atom. The fraction of sp³-hybridized carbons (Fsp3) is 0.286. The first-order valence-corrected chi connectivity index (χ1v) is 7.59. The lowest BCUT2D eigenvalue weighted by atomic mass is 10.0. The number of benzene rings is 1. The largest absolute Gasteiger partial charge is 0.271 e. The molecule has 1 atom stereocenters. The molecule has 1 aromatic heterocycles. The summed E-state index contributed by atoms with van der Waals surface area (Å²) in [4.78, 5) is 2.46. The van der Waals surface area contributed by atoms with Crippen LogP contribution in [0.15, 0.2) is 28.7 Å². The van der Waals surface area contributed by atoms with Crippen LogP contribution in [0.4, 0.5) is 4.39 Å². The third kappa shape index (κ3) is 3.42. The van der Waals surface area contributed by atoms with Gasteiger partial charge in [0.05, 0.1) is 6.04 Å². The molecule has 102 valence electrons. The predicted molar refractivity (Wildman–Crippen MR) is 81.7 cm³/mol. The summed E-state index contributed by atoms with van der Waals surface area (Å²) in [7, 11) is 0. The van der Waals surface area contributed by atoms with Crippen molar-refractivity contribution >= 4 is 27.3 Å². The van der Waals surface area contributed by atoms with Crippen molar-refractivity contribution in [3.8, 4) is 0 Å². The number of hydrogen-bond donors (Lipinski definition) is 2. The van der Waals surface area contributed by atoms with E-state index >= 15 is 0 Å². The van der Waals surface area contributed by atoms with Crippen molar-refractivity contribution in [3.63, 3.8) is 0 Å². The first-order valence-electron chi connectivity index (χ1n) is 5.98. The summed E-state index contributed by atoms with van der Waals surface area (Å²) in [5, 5.41) is 0. The maximum atomic E-state index is 13.3. The summed E-state index contributed by atoms with van der Waals surface area (Å²) in [5.41, 5.74) is 4.99. The van der Waals surface area contributed by atoms with E-state index in [-0.39, 0.29) is 11.9 Å². The molecule has 19 heavy (non-hydrogen) atoms. The highest BCUT2D eigenvalue weighted by Crippen LogP contribution is 2.30. The Labute approximate surface area is 124 Å². The average molecular weight is 343 g/mol. The van der Waals surface area contributed by atoms with Gasteiger partial charge in [0.2, 0.25) is 0 Å². The summed E-state index contributed by atoms with van der Waals surface area (Å²) in [6.07, 6.45) is 0.647. The van der Waals surface area contributed by atoms with E-state index in [0.29, 0.717) is 6.42 Å². The van der Waals surface area contributed by atoms with Crippen LogP contribution in [0.2, 0.25) is 0 Å². The van der Waals surface area contributed by atoms with E-state index in [2.05, 4.69) is 41.3 Å². The average Bonchev–Trinajstić information content (AvgIpc) is 2.70. The minimum atomic E-state index is -0.229. The fourth-order valence-corrected chi connectivity index (χ4v) is 3.45. The van der Waals surface area contributed by atoms with Crippen LogP contribution in [0.3, 0.4) is 0 Å². The van der Waals surface area contributed by atoms with Crippen LogP contribution in [-0.2, 0) is 6.42 Å². The van der Waals surface area contributed by atoms with E-state index < -0.39 is 0 Å². The quantitative estimate of drug-likeness (QED) is 0.650. The van der Waals surface area contributed by atoms with Gasteiger partial charge >= 0.3 is 0 Å². The van der Waals surface area contributed by atoms with Crippen LogP contribution in [0, 0.1) is 19.7 Å². The summed E-state index contributed by atoms with van der Waals surface area (Å²) in [5.74, 6) is 5.42. The highest BCUT2D eigenvalue weighted by Gasteiger charge is 2.16. The highest BCUT2D eigenvalue weighted by atomic mass is 79.9. The molecule has 0 bridgehead atoms. The SMILES string of the molecule is Cc1cc(C(Cc2cc(F)ccc2Br)NN)sc1C. The second-order valence-corrected chi connectivity index (χ2v) is 6.69. The summed E-state index contributed by atoms with van der Waals surface area (Å²) in [6, 6.07) is 6.84. The second-order valence-electron chi connectivity index (χ2n) is 4.55. The standard InChI is InChI=1S/C14H16BrFN2S/c1-8-5-14(19-9(8)2)13(18-17)7-10-6-11(16)3-4-12(10)15/h3-6,13,18H,7,17H2,1-2H3. The molecule has 1 aromatic carbocycles. The Balaban J connectivity index is 2.26. The van der Waals surface area contributed by atoms with Gasteiger partial charge in [-0.1, -0.05) is 15.9 Å². The Morgan fingerprint density at radius 3 is 2.68 bits per heavy atom. The molecule has 0 aliphatic rings. The van der Waals surface area contributed by atoms with Gasteiger partial charge in [-0.15, -0.1) is 11.3 Å². The molecule has 0 spiro atoms. The number of nitrogens with one attached hydrogen (secondary N) is 1. The third-order valence-electron chi connectivity index (χ3n) is 3.16. The first kappa shape index (κ1) is 14.7. The number of rotatable bonds is 4. The Morgan fingerprint density at radius 1 is 1.37 bits per heavy atom. The molecule has 0 saturated heterocycles. The van der Waals surface area contributed by atoms with E-state index in [1.54, 1.807) is 23.5 Å². The number of halogens is 2. The second kappa shape index (κ2) is 6.13. The molecule has 0 fully saturated rings. The van der Waals surface area contributed by atoms with Crippen molar-refractivity contribution < 1.29 is 4.39 Å². The van der Waals surface area contributed by atoms with Crippen molar-refractivity contribution in [2.24, 2.45) is 5.84 Å². The molecule has 0 radical (unpaired) electrons. The summed E-state index contributed by atoms with van der Waals surface area (Å²) in [6.45, 7) is 4.18. The molecular weight excluding hydrogens is 327 g/mol. The van der Waals surface area contributed by atoms with E-state index in [4.69, 9.17) is 5.84 Å². The number of hydrazine groups is 1. The number of nitrogens with two attached hydrogens (primary N) is 1. The van der Waals surface area contributed by atoms with Crippen molar-refractivity contribution in [1.82, 2.24) is 5.43 Å². The topological polar surface area (TPSA) is 38.0 Å². The van der Waals surface area contributed by atoms with Gasteiger partial charge in [-0.25, -0.2) is 4.39 Å². The van der Waals surface area contributed by atoms with Gasteiger partial charge in [0.1, 0.15) is 5.82 Å². The molecule has 0 aliphatic heterocycles. The van der Waals surface area contributed by atoms with Crippen LogP contribution in [-0.4, -0.2) is 0 Å². The van der Waals surface area contributed by atoms with Crippen molar-refractivity contribution in [3.05, 3.63) is 55.4 Å². The summed E-state index contributed by atoms with van der Waals surface area (Å²) < 4.78 is 14.2. The molecule has 0 saturated carbocycles. The van der Waals surface area contributed by atoms with Gasteiger partial charge in [-0.2, -0.15) is 0 Å². The van der Waals surface area contributed by atoms with Crippen LogP contribution in [0.25, 0.3) is 0 Å². The van der Waals surface area contributed by atoms with Gasteiger partial charge < -0.3 is 0 Å². The maximum absolute atomic E-state index is 13.3. The lowest BCUT2D eigenvalue weighted by molar-refractivity contribution is 0.555. The van der Waals surface area contributed by atoms with Gasteiger partial charge in [0.15, 0.2) is 0 Å². The van der Waals surface area contributed by atoms with Crippen LogP contribution >= 0.6 is 27.3 Å². The Kier molecular flexibility index (Phi) is 4.73. The van der Waals surface area contributed by atoms with Crippen LogP contribution in [0.1, 0.15) is 26.9 Å². The number of thiophene rings is 1. The minimum absolute atomic E-state index is 0.00417. The van der Waals surface area contributed by atoms with Gasteiger partial charge in [-0.05, 0) is 55.7 Å². The fourth-order valence-electron chi connectivity index (χ4n) is 1.93. The molecule has 5 heteroatoms. The number of aryl methyl sites for hydroxylation is 2. The Bertz CT molecular complexity index is 563. The van der Waals surface area contributed by atoms with Gasteiger partial charge in [-0.3, -0.25) is 11.3 Å². The van der Waals surface area contributed by atoms with E-state index in [1.807, 2.05) is 0 Å². The first-order chi connectivity index (χ1) is 9.01. The zero-order chi connectivity index (χ0) is 14.0. The van der Waals surface area contributed by atoms with Crippen molar-refractivity contribution in [2.75, 3.05) is 0 Å². The maximum Gasteiger partial charge on any atom is 0.123 e. The molecule has 0 amide bonds. The molecule has 1 unspecified atom stereocenters. The zero-order valence-corrected chi connectivity index (χ0v) is 13.2. The zero-order valence-electron chi connectivity index (χ0n) is 10.8. The summed E-state index contributed by atoms with van der Waals surface area (Å²) >= 11 is 5.17. The lowest BCUT2D eigenvalue weighted by Gasteiger charge is -2.15. The van der Waals surface area contributed by atoms with E-state index in [9.17, 15) is 4.39 Å². The molecular formula is C14H16BrFN2S. The lowest BCUT2D eigenvalue weighted by Crippen LogP contribution is -2.29. The number of hydrogen-bond acceptors (Lipinski definition) is 3. The molecule has 2 aromatic rings. The molecule has 3 N–H and O–H groups in total. The monoisotopic (exact) mass is 342 g/mol. The normalized spacial score (nSPS) is 12.7. The molecule has 2 nitrogen and oxygen atoms in total. The molecule has 2 rings (SSSR count). The van der Waals surface area contributed by atoms with Crippen molar-refractivity contribution in [1.29, 1.82) is 0 Å². The smallest absolute Gasteiger partial charge is 0.123 e. The van der Waals surface area contributed by atoms with Gasteiger partial charge in [0.25, 0.3) is 0 Å². The Hall–Kier alpha value is -0.750. The van der Waals surface area contributed by atoms with Gasteiger partial charge in [0, 0.05) is 14.2 Å². The van der Waals surface area contributed by atoms with E-state index in [1.165, 1.54) is 21.4 Å². The minimum Gasteiger partial charge on any atom is -0.271 e. The van der Waals surface area contributed by atoms with E-state index in [0.717, 1.165) is 10.0 Å². The van der Waals surface area contributed by atoms with Crippen LogP contribution < -0.4 is 11.3 Å². The third-order valence-corrected chi connectivity index (χ3v) is 5.20. The van der Waals surface area contributed by atoms with Crippen LogP contribution in [0.5, 0.6) is 0 Å². The molecule has 0 aliphatic carbocycles. The molecule has 1 heterocycles. The van der Waals surface area contributed by atoms with Crippen molar-refractivity contribution in [2.45, 2.75) is 26.3 Å². The predicted octanol–water partition coefficient (Wildman–Crippen LogP) is 4.01.